The number of hydrogen-bond donors (Lipinski definition) is 1. The zero-order chi connectivity index (χ0) is 23.0. The second-order valence-electron chi connectivity index (χ2n) is 6.78. The summed E-state index contributed by atoms with van der Waals surface area (Å²) in [6.07, 6.45) is 0.717. The molecular formula is C22H22ClFN2O3S3. The van der Waals surface area contributed by atoms with Crippen molar-refractivity contribution in [2.75, 3.05) is 23.1 Å². The van der Waals surface area contributed by atoms with Gasteiger partial charge in [0.05, 0.1) is 5.69 Å². The fraction of sp³-hybridized carbons (Fsp3) is 0.227. The molecule has 0 saturated carbocycles. The van der Waals surface area contributed by atoms with Gasteiger partial charge in [0.25, 0.3) is 10.0 Å². The van der Waals surface area contributed by atoms with Crippen LogP contribution in [0.5, 0.6) is 0 Å². The molecule has 0 aliphatic rings. The normalized spacial score (nSPS) is 11.3. The Morgan fingerprint density at radius 3 is 2.66 bits per heavy atom. The summed E-state index contributed by atoms with van der Waals surface area (Å²) in [6, 6.07) is 16.2. The Morgan fingerprint density at radius 2 is 1.94 bits per heavy atom. The highest BCUT2D eigenvalue weighted by Crippen LogP contribution is 2.28. The summed E-state index contributed by atoms with van der Waals surface area (Å²) in [5, 5.41) is 5.05. The number of halogens is 2. The maximum atomic E-state index is 14.4. The predicted molar refractivity (Wildman–Crippen MR) is 130 cm³/mol. The molecular weight excluding hydrogens is 491 g/mol. The minimum atomic E-state index is -4.07. The van der Waals surface area contributed by atoms with Crippen LogP contribution in [0.4, 0.5) is 10.1 Å². The first-order valence-corrected chi connectivity index (χ1v) is 13.6. The maximum Gasteiger partial charge on any atom is 0.274 e. The van der Waals surface area contributed by atoms with E-state index in [2.05, 4.69) is 5.32 Å². The third-order valence-corrected chi connectivity index (χ3v) is 8.88. The molecule has 0 saturated heterocycles. The molecule has 0 aliphatic carbocycles. The first kappa shape index (κ1) is 24.6. The Kier molecular flexibility index (Phi) is 8.98. The minimum Gasteiger partial charge on any atom is -0.354 e. The number of para-hydroxylation sites is 1. The van der Waals surface area contributed by atoms with Crippen LogP contribution in [0.15, 0.2) is 70.3 Å². The summed E-state index contributed by atoms with van der Waals surface area (Å²) in [5.74, 6) is 0.428. The number of rotatable bonds is 11. The van der Waals surface area contributed by atoms with Gasteiger partial charge in [-0.1, -0.05) is 41.9 Å². The summed E-state index contributed by atoms with van der Waals surface area (Å²) in [6.45, 7) is -0.109. The minimum absolute atomic E-state index is 0.0472. The molecule has 5 nitrogen and oxygen atoms in total. The highest BCUT2D eigenvalue weighted by Gasteiger charge is 2.29. The molecule has 1 aromatic heterocycles. The molecule has 0 spiro atoms. The van der Waals surface area contributed by atoms with Crippen LogP contribution < -0.4 is 9.62 Å². The number of sulfonamides is 1. The molecule has 3 aromatic rings. The molecule has 32 heavy (non-hydrogen) atoms. The zero-order valence-corrected chi connectivity index (χ0v) is 20.2. The van der Waals surface area contributed by atoms with E-state index in [9.17, 15) is 17.6 Å². The van der Waals surface area contributed by atoms with Crippen LogP contribution in [0.2, 0.25) is 5.02 Å². The summed E-state index contributed by atoms with van der Waals surface area (Å²) in [5.41, 5.74) is 0.971. The van der Waals surface area contributed by atoms with Gasteiger partial charge in [-0.25, -0.2) is 12.8 Å². The Hall–Kier alpha value is -2.07. The van der Waals surface area contributed by atoms with Crippen molar-refractivity contribution in [1.82, 2.24) is 5.32 Å². The van der Waals surface area contributed by atoms with Gasteiger partial charge in [-0.2, -0.15) is 11.8 Å². The van der Waals surface area contributed by atoms with Crippen molar-refractivity contribution in [2.45, 2.75) is 16.4 Å². The number of nitrogens with one attached hydrogen (secondary N) is 1. The number of hydrogen-bond acceptors (Lipinski definition) is 5. The fourth-order valence-electron chi connectivity index (χ4n) is 2.88. The highest BCUT2D eigenvalue weighted by atomic mass is 35.5. The van der Waals surface area contributed by atoms with E-state index >= 15 is 0 Å². The summed E-state index contributed by atoms with van der Waals surface area (Å²) in [7, 11) is -4.07. The van der Waals surface area contributed by atoms with E-state index in [0.29, 0.717) is 18.0 Å². The number of carbonyl (C=O) groups excluding carboxylic acids is 1. The molecule has 0 unspecified atom stereocenters. The fourth-order valence-corrected chi connectivity index (χ4v) is 6.53. The maximum absolute atomic E-state index is 14.4. The lowest BCUT2D eigenvalue weighted by molar-refractivity contribution is -0.119. The predicted octanol–water partition coefficient (Wildman–Crippen LogP) is 5.18. The van der Waals surface area contributed by atoms with Crippen molar-refractivity contribution in [3.8, 4) is 0 Å². The average molecular weight is 513 g/mol. The number of thiophene rings is 1. The van der Waals surface area contributed by atoms with Gasteiger partial charge in [-0.3, -0.25) is 9.10 Å². The van der Waals surface area contributed by atoms with E-state index in [0.717, 1.165) is 32.7 Å². The molecule has 0 radical (unpaired) electrons. The standard InChI is InChI=1S/C22H22ClFN2O3S3/c23-18-7-3-6-17(14-18)16-30-12-5-11-25-21(27)15-26(20-9-2-1-8-19(20)24)32(28,29)22-10-4-13-31-22/h1-4,6-10,13-14H,5,11-12,15-16H2,(H,25,27). The van der Waals surface area contributed by atoms with Crippen molar-refractivity contribution in [3.05, 3.63) is 82.4 Å². The van der Waals surface area contributed by atoms with Gasteiger partial charge in [0.1, 0.15) is 16.6 Å². The largest absolute Gasteiger partial charge is 0.354 e. The van der Waals surface area contributed by atoms with Crippen LogP contribution in [-0.4, -0.2) is 33.2 Å². The van der Waals surface area contributed by atoms with E-state index in [4.69, 9.17) is 11.6 Å². The van der Waals surface area contributed by atoms with Crippen molar-refractivity contribution < 1.29 is 17.6 Å². The van der Waals surface area contributed by atoms with Gasteiger partial charge >= 0.3 is 0 Å². The first-order chi connectivity index (χ1) is 15.4. The van der Waals surface area contributed by atoms with Crippen LogP contribution in [-0.2, 0) is 20.6 Å². The van der Waals surface area contributed by atoms with Crippen LogP contribution in [0.25, 0.3) is 0 Å². The van der Waals surface area contributed by atoms with E-state index < -0.39 is 28.3 Å². The van der Waals surface area contributed by atoms with Gasteiger partial charge in [0.15, 0.2) is 0 Å². The van der Waals surface area contributed by atoms with Gasteiger partial charge < -0.3 is 5.32 Å². The Morgan fingerprint density at radius 1 is 1.12 bits per heavy atom. The molecule has 2 aromatic carbocycles. The van der Waals surface area contributed by atoms with Gasteiger partial charge in [0, 0.05) is 17.3 Å². The molecule has 170 valence electrons. The van der Waals surface area contributed by atoms with Crippen molar-refractivity contribution in [1.29, 1.82) is 0 Å². The topological polar surface area (TPSA) is 66.5 Å². The molecule has 0 bridgehead atoms. The van der Waals surface area contributed by atoms with Crippen molar-refractivity contribution >= 4 is 56.3 Å². The average Bonchev–Trinajstić information content (AvgIpc) is 3.31. The summed E-state index contributed by atoms with van der Waals surface area (Å²) < 4.78 is 41.3. The number of nitrogens with zero attached hydrogens (tertiary/aromatic N) is 1. The molecule has 1 N–H and O–H groups in total. The van der Waals surface area contributed by atoms with E-state index in [1.165, 1.54) is 30.3 Å². The zero-order valence-electron chi connectivity index (χ0n) is 17.0. The summed E-state index contributed by atoms with van der Waals surface area (Å²) >= 11 is 8.71. The van der Waals surface area contributed by atoms with E-state index in [-0.39, 0.29) is 9.90 Å². The van der Waals surface area contributed by atoms with Crippen LogP contribution in [0.1, 0.15) is 12.0 Å². The third-order valence-electron chi connectivity index (χ3n) is 4.39. The van der Waals surface area contributed by atoms with Crippen LogP contribution in [0.3, 0.4) is 0 Å². The Balaban J connectivity index is 1.54. The first-order valence-electron chi connectivity index (χ1n) is 9.77. The number of benzene rings is 2. The lowest BCUT2D eigenvalue weighted by Gasteiger charge is -2.23. The molecule has 10 heteroatoms. The lowest BCUT2D eigenvalue weighted by atomic mass is 10.2. The molecule has 0 atom stereocenters. The molecule has 1 amide bonds. The molecule has 0 aliphatic heterocycles. The van der Waals surface area contributed by atoms with Crippen molar-refractivity contribution in [2.24, 2.45) is 0 Å². The summed E-state index contributed by atoms with van der Waals surface area (Å²) in [4.78, 5) is 12.5. The number of carbonyl (C=O) groups is 1. The molecule has 1 heterocycles. The molecule has 3 rings (SSSR count). The van der Waals surface area contributed by atoms with E-state index in [1.807, 2.05) is 24.3 Å². The Labute approximate surface area is 200 Å². The van der Waals surface area contributed by atoms with Gasteiger partial charge in [0.2, 0.25) is 5.91 Å². The quantitative estimate of drug-likeness (QED) is 0.360. The SMILES string of the molecule is O=C(CN(c1ccccc1F)S(=O)(=O)c1cccs1)NCCCSCc1cccc(Cl)c1. The van der Waals surface area contributed by atoms with Gasteiger partial charge in [-0.05, 0) is 53.4 Å². The Bertz CT molecular complexity index is 1140. The highest BCUT2D eigenvalue weighted by molar-refractivity contribution is 7.98. The lowest BCUT2D eigenvalue weighted by Crippen LogP contribution is -2.41. The van der Waals surface area contributed by atoms with Crippen LogP contribution in [0, 0.1) is 5.82 Å². The smallest absolute Gasteiger partial charge is 0.274 e. The number of anilines is 1. The second kappa shape index (κ2) is 11.7. The van der Waals surface area contributed by atoms with Gasteiger partial charge in [-0.15, -0.1) is 11.3 Å². The number of thioether (sulfide) groups is 1. The van der Waals surface area contributed by atoms with E-state index in [1.54, 1.807) is 23.2 Å². The molecule has 0 fully saturated rings. The third kappa shape index (κ3) is 6.71. The van der Waals surface area contributed by atoms with Crippen molar-refractivity contribution in [3.63, 3.8) is 0 Å². The second-order valence-corrected chi connectivity index (χ2v) is 11.4. The van der Waals surface area contributed by atoms with Crippen LogP contribution >= 0.6 is 34.7 Å². The number of amides is 1. The monoisotopic (exact) mass is 512 g/mol.